The second-order valence-electron chi connectivity index (χ2n) is 6.37. The van der Waals surface area contributed by atoms with Crippen LogP contribution in [0.25, 0.3) is 10.9 Å². The first-order valence-electron chi connectivity index (χ1n) is 7.85. The average Bonchev–Trinajstić information content (AvgIpc) is 3.05. The average molecular weight is 336 g/mol. The molecule has 3 atom stereocenters. The molecule has 0 bridgehead atoms. The molecule has 3 unspecified atom stereocenters. The van der Waals surface area contributed by atoms with Crippen LogP contribution in [0, 0.1) is 11.8 Å². The van der Waals surface area contributed by atoms with Gasteiger partial charge in [0.1, 0.15) is 12.9 Å². The second-order valence-corrected chi connectivity index (χ2v) is 7.77. The number of halogens is 1. The molecule has 0 amide bonds. The molecule has 3 rings (SSSR count). The number of nitrogen functional groups attached to an aromatic ring is 1. The van der Waals surface area contributed by atoms with E-state index in [4.69, 9.17) is 5.73 Å². The SMILES string of the molecule is BN(c1nn(CCF)c2c(N)ccc(CC3CC3C)c12)[S+](C)[O-]. The number of nitrogens with zero attached hydrogens (tertiary/aromatic N) is 3. The lowest BCUT2D eigenvalue weighted by Gasteiger charge is -2.18. The molecule has 5 nitrogen and oxygen atoms in total. The van der Waals surface area contributed by atoms with Crippen LogP contribution in [0.4, 0.5) is 15.9 Å². The minimum Gasteiger partial charge on any atom is -0.594 e. The molecule has 2 N–H and O–H groups in total. The Morgan fingerprint density at radius 2 is 2.26 bits per heavy atom. The molecule has 0 radical (unpaired) electrons. The van der Waals surface area contributed by atoms with Gasteiger partial charge in [-0.2, -0.15) is 5.10 Å². The van der Waals surface area contributed by atoms with Gasteiger partial charge in [-0.05, 0) is 36.3 Å². The molecule has 8 heteroatoms. The fourth-order valence-electron chi connectivity index (χ4n) is 3.11. The Morgan fingerprint density at radius 3 is 2.83 bits per heavy atom. The van der Waals surface area contributed by atoms with Crippen molar-refractivity contribution in [3.8, 4) is 0 Å². The van der Waals surface area contributed by atoms with Crippen molar-refractivity contribution < 1.29 is 8.94 Å². The maximum atomic E-state index is 12.9. The first-order chi connectivity index (χ1) is 10.9. The second kappa shape index (κ2) is 6.24. The third-order valence-corrected chi connectivity index (χ3v) is 5.68. The van der Waals surface area contributed by atoms with E-state index in [1.165, 1.54) is 6.42 Å². The summed E-state index contributed by atoms with van der Waals surface area (Å²) in [5.74, 6) is 2.03. The predicted molar refractivity (Wildman–Crippen MR) is 96.2 cm³/mol. The van der Waals surface area contributed by atoms with Crippen LogP contribution in [-0.2, 0) is 24.3 Å². The quantitative estimate of drug-likeness (QED) is 0.492. The highest BCUT2D eigenvalue weighted by atomic mass is 32.2. The van der Waals surface area contributed by atoms with Crippen LogP contribution in [0.1, 0.15) is 18.9 Å². The van der Waals surface area contributed by atoms with Crippen LogP contribution in [-0.4, -0.2) is 35.2 Å². The molecule has 1 fully saturated rings. The molecule has 0 spiro atoms. The Hall–Kier alpha value is -1.41. The van der Waals surface area contributed by atoms with E-state index in [0.717, 1.165) is 28.8 Å². The van der Waals surface area contributed by atoms with Crippen molar-refractivity contribution in [1.29, 1.82) is 0 Å². The van der Waals surface area contributed by atoms with Gasteiger partial charge in [0.25, 0.3) is 7.98 Å². The van der Waals surface area contributed by atoms with E-state index in [0.29, 0.717) is 17.4 Å². The number of hydrogen-bond donors (Lipinski definition) is 1. The van der Waals surface area contributed by atoms with Gasteiger partial charge in [-0.25, -0.2) is 8.61 Å². The lowest BCUT2D eigenvalue weighted by Crippen LogP contribution is -2.27. The molecule has 1 heterocycles. The smallest absolute Gasteiger partial charge is 0.286 e. The minimum absolute atomic E-state index is 0.147. The van der Waals surface area contributed by atoms with Gasteiger partial charge in [0.15, 0.2) is 5.82 Å². The number of anilines is 2. The van der Waals surface area contributed by atoms with Crippen molar-refractivity contribution in [2.45, 2.75) is 26.3 Å². The largest absolute Gasteiger partial charge is 0.594 e. The molecule has 1 aliphatic carbocycles. The van der Waals surface area contributed by atoms with Gasteiger partial charge in [0.05, 0.1) is 34.5 Å². The van der Waals surface area contributed by atoms with Crippen molar-refractivity contribution in [1.82, 2.24) is 9.78 Å². The van der Waals surface area contributed by atoms with Gasteiger partial charge in [-0.15, -0.1) is 0 Å². The zero-order valence-electron chi connectivity index (χ0n) is 13.8. The Bertz CT molecular complexity index is 723. The number of aryl methyl sites for hydroxylation is 1. The number of fused-ring (bicyclic) bond motifs is 1. The van der Waals surface area contributed by atoms with Crippen molar-refractivity contribution in [3.05, 3.63) is 17.7 Å². The van der Waals surface area contributed by atoms with Gasteiger partial charge in [0, 0.05) is 0 Å². The number of rotatable bonds is 6. The first-order valence-corrected chi connectivity index (χ1v) is 9.36. The Balaban J connectivity index is 2.17. The number of nitrogens with two attached hydrogens (primary N) is 1. The summed E-state index contributed by atoms with van der Waals surface area (Å²) in [6.07, 6.45) is 3.79. The fraction of sp³-hybridized carbons (Fsp3) is 0.533. The molecule has 2 aromatic rings. The molecular formula is C15H22BFN4OS. The third-order valence-electron chi connectivity index (χ3n) is 4.73. The van der Waals surface area contributed by atoms with Gasteiger partial charge >= 0.3 is 0 Å². The van der Waals surface area contributed by atoms with E-state index in [1.807, 2.05) is 12.1 Å². The van der Waals surface area contributed by atoms with E-state index < -0.39 is 18.0 Å². The fourth-order valence-corrected chi connectivity index (χ4v) is 3.48. The molecule has 0 saturated heterocycles. The van der Waals surface area contributed by atoms with Crippen molar-refractivity contribution in [3.63, 3.8) is 0 Å². The summed E-state index contributed by atoms with van der Waals surface area (Å²) >= 11 is -1.20. The normalized spacial score (nSPS) is 21.6. The number of hydrogen-bond acceptors (Lipinski definition) is 4. The summed E-state index contributed by atoms with van der Waals surface area (Å²) in [5, 5.41) is 5.41. The van der Waals surface area contributed by atoms with Crippen molar-refractivity contribution >= 4 is 41.8 Å². The molecule has 0 aliphatic heterocycles. The van der Waals surface area contributed by atoms with Crippen LogP contribution < -0.4 is 9.95 Å². The zero-order valence-corrected chi connectivity index (χ0v) is 14.6. The topological polar surface area (TPSA) is 70.1 Å². The van der Waals surface area contributed by atoms with Crippen LogP contribution >= 0.6 is 0 Å². The summed E-state index contributed by atoms with van der Waals surface area (Å²) in [4.78, 5) is 0. The highest BCUT2D eigenvalue weighted by Gasteiger charge is 2.34. The molecule has 1 aliphatic rings. The first kappa shape index (κ1) is 16.5. The van der Waals surface area contributed by atoms with Crippen LogP contribution in [0.15, 0.2) is 12.1 Å². The van der Waals surface area contributed by atoms with Crippen LogP contribution in [0.2, 0.25) is 0 Å². The van der Waals surface area contributed by atoms with E-state index in [1.54, 1.807) is 23.1 Å². The molecule has 1 saturated carbocycles. The highest BCUT2D eigenvalue weighted by molar-refractivity contribution is 7.93. The van der Waals surface area contributed by atoms with Crippen molar-refractivity contribution in [2.24, 2.45) is 11.8 Å². The maximum Gasteiger partial charge on any atom is 0.286 e. The molecule has 23 heavy (non-hydrogen) atoms. The van der Waals surface area contributed by atoms with Crippen LogP contribution in [0.5, 0.6) is 0 Å². The summed E-state index contributed by atoms with van der Waals surface area (Å²) in [6.45, 7) is 1.88. The zero-order chi connectivity index (χ0) is 16.7. The summed E-state index contributed by atoms with van der Waals surface area (Å²) in [5.41, 5.74) is 8.62. The van der Waals surface area contributed by atoms with Gasteiger partial charge in [0.2, 0.25) is 0 Å². The third kappa shape index (κ3) is 3.02. The van der Waals surface area contributed by atoms with Gasteiger partial charge < -0.3 is 10.3 Å². The molecule has 1 aromatic carbocycles. The summed E-state index contributed by atoms with van der Waals surface area (Å²) in [6, 6.07) is 3.90. The summed E-state index contributed by atoms with van der Waals surface area (Å²) in [7, 11) is 1.74. The number of benzene rings is 1. The van der Waals surface area contributed by atoms with Gasteiger partial charge in [-0.1, -0.05) is 13.0 Å². The summed E-state index contributed by atoms with van der Waals surface area (Å²) < 4.78 is 28.0. The Kier molecular flexibility index (Phi) is 4.46. The van der Waals surface area contributed by atoms with Gasteiger partial charge in [-0.3, -0.25) is 4.68 Å². The lowest BCUT2D eigenvalue weighted by atomic mass is 10.0. The number of alkyl halides is 1. The highest BCUT2D eigenvalue weighted by Crippen LogP contribution is 2.43. The predicted octanol–water partition coefficient (Wildman–Crippen LogP) is 1.43. The Labute approximate surface area is 139 Å². The molecule has 124 valence electrons. The van der Waals surface area contributed by atoms with E-state index >= 15 is 0 Å². The van der Waals surface area contributed by atoms with Crippen molar-refractivity contribution in [2.75, 3.05) is 22.9 Å². The Morgan fingerprint density at radius 1 is 1.57 bits per heavy atom. The number of aromatic nitrogens is 2. The van der Waals surface area contributed by atoms with E-state index in [-0.39, 0.29) is 6.54 Å². The maximum absolute atomic E-state index is 12.9. The van der Waals surface area contributed by atoms with E-state index in [9.17, 15) is 8.94 Å². The lowest BCUT2D eigenvalue weighted by molar-refractivity contribution is 0.434. The standard InChI is InChI=1S/C15H22BFN4OS/c1-9-7-11(9)8-10-3-4-12(18)14-13(10)15(21(16)23(2)22)19-20(14)6-5-17/h3-4,9,11H,5-8,16,18H2,1-2H3. The minimum atomic E-state index is -1.20. The monoisotopic (exact) mass is 336 g/mol. The van der Waals surface area contributed by atoms with E-state index in [2.05, 4.69) is 12.0 Å². The molecular weight excluding hydrogens is 314 g/mol. The van der Waals surface area contributed by atoms with Crippen LogP contribution in [0.3, 0.4) is 0 Å². The molecule has 1 aromatic heterocycles.